The molecule has 4 rings (SSSR count). The maximum absolute atomic E-state index is 11.8. The summed E-state index contributed by atoms with van der Waals surface area (Å²) in [4.78, 5) is 15.6. The van der Waals surface area contributed by atoms with E-state index in [0.717, 1.165) is 0 Å². The predicted molar refractivity (Wildman–Crippen MR) is 98.3 cm³/mol. The molecular weight excluding hydrogens is 314 g/mol. The number of carbonyl (C=O) groups excluding carboxylic acids is 1. The van der Waals surface area contributed by atoms with Crippen molar-refractivity contribution >= 4 is 15.9 Å². The summed E-state index contributed by atoms with van der Waals surface area (Å²) in [5, 5.41) is 3.31. The van der Waals surface area contributed by atoms with Gasteiger partial charge in [0, 0.05) is 0 Å². The van der Waals surface area contributed by atoms with Crippen LogP contribution in [-0.2, 0) is 4.79 Å². The van der Waals surface area contributed by atoms with Crippen molar-refractivity contribution in [3.63, 3.8) is 0 Å². The van der Waals surface area contributed by atoms with Gasteiger partial charge in [0.05, 0.1) is 11.8 Å². The number of hydrogen-bond acceptors (Lipinski definition) is 1. The highest BCUT2D eigenvalue weighted by molar-refractivity contribution is 8.34. The first-order valence-corrected chi connectivity index (χ1v) is 9.78. The Bertz CT molecular complexity index is 729. The summed E-state index contributed by atoms with van der Waals surface area (Å²) in [7, 11) is -1.54. The fourth-order valence-corrected chi connectivity index (χ4v) is 7.62. The number of rotatable bonds is 4. The third-order valence-electron chi connectivity index (χ3n) is 4.46. The number of carbonyl (C=O) groups is 1. The van der Waals surface area contributed by atoms with Crippen molar-refractivity contribution in [1.29, 1.82) is 0 Å². The first-order valence-electron chi connectivity index (χ1n) is 8.08. The number of nitrogens with one attached hydrogen (secondary N) is 1. The van der Waals surface area contributed by atoms with Crippen molar-refractivity contribution in [2.75, 3.05) is 0 Å². The van der Waals surface area contributed by atoms with Crippen LogP contribution in [0.3, 0.4) is 0 Å². The Hall–Kier alpha value is -2.52. The van der Waals surface area contributed by atoms with Gasteiger partial charge in [0.25, 0.3) is 0 Å². The van der Waals surface area contributed by atoms with Crippen molar-refractivity contribution in [3.8, 4) is 0 Å². The number of hydrogen-bond donors (Lipinski definition) is 1. The molecule has 1 fully saturated rings. The zero-order chi connectivity index (χ0) is 16.4. The summed E-state index contributed by atoms with van der Waals surface area (Å²) >= 11 is 0. The molecule has 3 heteroatoms. The van der Waals surface area contributed by atoms with Crippen LogP contribution in [0.25, 0.3) is 0 Å². The smallest absolute Gasteiger partial charge is 0.223 e. The molecule has 3 aromatic carbocycles. The fraction of sp³-hybridized carbons (Fsp3) is 0.0952. The highest BCUT2D eigenvalue weighted by atomic mass is 32.3. The Morgan fingerprint density at radius 2 is 1.00 bits per heavy atom. The molecule has 3 aromatic rings. The average molecular weight is 333 g/mol. The van der Waals surface area contributed by atoms with Gasteiger partial charge in [-0.1, -0.05) is 54.6 Å². The van der Waals surface area contributed by atoms with E-state index in [1.807, 2.05) is 18.2 Å². The third kappa shape index (κ3) is 2.33. The van der Waals surface area contributed by atoms with Crippen molar-refractivity contribution in [2.45, 2.75) is 26.5 Å². The lowest BCUT2D eigenvalue weighted by molar-refractivity contribution is -0.126. The van der Waals surface area contributed by atoms with Crippen LogP contribution in [0, 0.1) is 0 Å². The molecule has 0 aromatic heterocycles. The molecule has 1 aliphatic heterocycles. The molecule has 24 heavy (non-hydrogen) atoms. The van der Waals surface area contributed by atoms with Crippen LogP contribution in [0.5, 0.6) is 0 Å². The monoisotopic (exact) mass is 333 g/mol. The molecule has 0 radical (unpaired) electrons. The van der Waals surface area contributed by atoms with Gasteiger partial charge in [-0.05, 0) is 51.1 Å². The van der Waals surface area contributed by atoms with E-state index in [-0.39, 0.29) is 11.3 Å². The maximum atomic E-state index is 11.8. The lowest BCUT2D eigenvalue weighted by atomic mass is 10.3. The van der Waals surface area contributed by atoms with Crippen LogP contribution < -0.4 is 5.32 Å². The summed E-state index contributed by atoms with van der Waals surface area (Å²) < 4.78 is 0. The van der Waals surface area contributed by atoms with Gasteiger partial charge < -0.3 is 5.32 Å². The van der Waals surface area contributed by atoms with E-state index >= 15 is 0 Å². The topological polar surface area (TPSA) is 29.1 Å². The van der Waals surface area contributed by atoms with Crippen LogP contribution in [0.15, 0.2) is 106 Å². The Kier molecular flexibility index (Phi) is 3.87. The molecule has 1 aliphatic rings. The quantitative estimate of drug-likeness (QED) is 0.682. The maximum Gasteiger partial charge on any atom is 0.223 e. The highest BCUT2D eigenvalue weighted by Gasteiger charge is 2.45. The highest BCUT2D eigenvalue weighted by Crippen LogP contribution is 2.72. The van der Waals surface area contributed by atoms with E-state index in [0.29, 0.717) is 6.42 Å². The average Bonchev–Trinajstić information content (AvgIpc) is 2.64. The molecule has 1 unspecified atom stereocenters. The Morgan fingerprint density at radius 3 is 1.29 bits per heavy atom. The zero-order valence-corrected chi connectivity index (χ0v) is 14.1. The first kappa shape index (κ1) is 15.0. The molecule has 1 amide bonds. The molecule has 0 spiro atoms. The van der Waals surface area contributed by atoms with Gasteiger partial charge in [-0.2, -0.15) is 0 Å². The number of β-lactam (4-membered cyclic amide) rings is 1. The van der Waals surface area contributed by atoms with E-state index < -0.39 is 10.0 Å². The lowest BCUT2D eigenvalue weighted by Crippen LogP contribution is -2.51. The van der Waals surface area contributed by atoms with Crippen molar-refractivity contribution in [3.05, 3.63) is 91.0 Å². The van der Waals surface area contributed by atoms with Crippen molar-refractivity contribution in [1.82, 2.24) is 5.32 Å². The minimum Gasteiger partial charge on any atom is -0.344 e. The van der Waals surface area contributed by atoms with Crippen LogP contribution in [-0.4, -0.2) is 11.3 Å². The summed E-state index contributed by atoms with van der Waals surface area (Å²) in [5.74, 6) is 0.139. The fourth-order valence-electron chi connectivity index (χ4n) is 3.35. The first-order chi connectivity index (χ1) is 11.8. The SMILES string of the molecule is O=C1CC(S(c2ccccc2)(c2ccccc2)c2ccccc2)N1. The Labute approximate surface area is 143 Å². The van der Waals surface area contributed by atoms with Crippen molar-refractivity contribution < 1.29 is 4.79 Å². The molecular formula is C21H19NOS. The standard InChI is InChI=1S/C21H19NOS/c23-20-16-21(22-20)24(17-10-4-1-5-11-17,18-12-6-2-7-13-18)19-14-8-3-9-15-19/h1-15,21H,16H2,(H,22,23). The second kappa shape index (κ2) is 6.17. The van der Waals surface area contributed by atoms with Gasteiger partial charge in [-0.3, -0.25) is 4.79 Å². The van der Waals surface area contributed by atoms with Crippen molar-refractivity contribution in [2.24, 2.45) is 0 Å². The molecule has 0 saturated carbocycles. The van der Waals surface area contributed by atoms with Crippen LogP contribution in [0.4, 0.5) is 0 Å². The molecule has 1 N–H and O–H groups in total. The van der Waals surface area contributed by atoms with Gasteiger partial charge >= 0.3 is 0 Å². The Balaban J connectivity index is 2.01. The molecule has 2 nitrogen and oxygen atoms in total. The lowest BCUT2D eigenvalue weighted by Gasteiger charge is -2.51. The van der Waals surface area contributed by atoms with E-state index in [1.165, 1.54) is 14.7 Å². The number of amides is 1. The van der Waals surface area contributed by atoms with Gasteiger partial charge in [0.2, 0.25) is 5.91 Å². The molecule has 120 valence electrons. The normalized spacial score (nSPS) is 17.7. The number of benzene rings is 3. The van der Waals surface area contributed by atoms with Crippen LogP contribution in [0.2, 0.25) is 0 Å². The van der Waals surface area contributed by atoms with E-state index in [1.54, 1.807) is 0 Å². The molecule has 0 bridgehead atoms. The molecule has 1 saturated heterocycles. The van der Waals surface area contributed by atoms with Crippen LogP contribution in [0.1, 0.15) is 6.42 Å². The second-order valence-electron chi connectivity index (χ2n) is 5.86. The van der Waals surface area contributed by atoms with E-state index in [4.69, 9.17) is 0 Å². The summed E-state index contributed by atoms with van der Waals surface area (Å²) in [6.07, 6.45) is 0.577. The van der Waals surface area contributed by atoms with Gasteiger partial charge in [0.15, 0.2) is 0 Å². The largest absolute Gasteiger partial charge is 0.344 e. The van der Waals surface area contributed by atoms with Gasteiger partial charge in [-0.25, -0.2) is 0 Å². The second-order valence-corrected chi connectivity index (χ2v) is 9.16. The van der Waals surface area contributed by atoms with Gasteiger partial charge in [-0.15, -0.1) is 10.0 Å². The minimum absolute atomic E-state index is 0.136. The Morgan fingerprint density at radius 1 is 0.667 bits per heavy atom. The molecule has 0 aliphatic carbocycles. The minimum atomic E-state index is -1.54. The van der Waals surface area contributed by atoms with E-state index in [9.17, 15) is 4.79 Å². The molecule has 1 heterocycles. The van der Waals surface area contributed by atoms with Crippen LogP contribution >= 0.6 is 10.0 Å². The third-order valence-corrected chi connectivity index (χ3v) is 8.65. The molecule has 1 atom stereocenters. The zero-order valence-electron chi connectivity index (χ0n) is 13.3. The predicted octanol–water partition coefficient (Wildman–Crippen LogP) is 4.81. The summed E-state index contributed by atoms with van der Waals surface area (Å²) in [5.41, 5.74) is 0. The van der Waals surface area contributed by atoms with E-state index in [2.05, 4.69) is 78.1 Å². The summed E-state index contributed by atoms with van der Waals surface area (Å²) in [6, 6.07) is 31.8. The summed E-state index contributed by atoms with van der Waals surface area (Å²) in [6.45, 7) is 0. The van der Waals surface area contributed by atoms with Gasteiger partial charge in [0.1, 0.15) is 0 Å².